The summed E-state index contributed by atoms with van der Waals surface area (Å²) in [7, 11) is 0. The molecule has 0 aliphatic heterocycles. The molecule has 7 heteroatoms. The lowest BCUT2D eigenvalue weighted by molar-refractivity contribution is -0.147. The van der Waals surface area contributed by atoms with Gasteiger partial charge in [0.05, 0.1) is 10.8 Å². The Labute approximate surface area is 120 Å². The normalized spacial score (nSPS) is 11.9. The number of carbonyl (C=O) groups is 2. The summed E-state index contributed by atoms with van der Waals surface area (Å²) in [6.07, 6.45) is -1.46. The zero-order valence-electron chi connectivity index (χ0n) is 10.0. The smallest absolute Gasteiger partial charge is 0.332 e. The number of hydrogen-bond donors (Lipinski definition) is 3. The molecule has 0 bridgehead atoms. The molecule has 0 saturated carbocycles. The Morgan fingerprint density at radius 1 is 1.37 bits per heavy atom. The van der Waals surface area contributed by atoms with Crippen LogP contribution in [0.3, 0.4) is 0 Å². The van der Waals surface area contributed by atoms with Crippen LogP contribution < -0.4 is 5.32 Å². The molecule has 0 spiro atoms. The summed E-state index contributed by atoms with van der Waals surface area (Å²) in [5.41, 5.74) is 0. The van der Waals surface area contributed by atoms with Crippen molar-refractivity contribution in [1.82, 2.24) is 5.32 Å². The number of nitrogens with one attached hydrogen (secondary N) is 1. The minimum Gasteiger partial charge on any atom is -0.479 e. The van der Waals surface area contributed by atoms with E-state index in [9.17, 15) is 9.59 Å². The number of rotatable bonds is 7. The molecule has 1 rings (SSSR count). The van der Waals surface area contributed by atoms with E-state index in [1.54, 1.807) is 12.1 Å². The third-order valence-corrected chi connectivity index (χ3v) is 3.74. The zero-order valence-corrected chi connectivity index (χ0v) is 11.6. The maximum Gasteiger partial charge on any atom is 0.332 e. The van der Waals surface area contributed by atoms with E-state index in [1.807, 2.05) is 12.1 Å². The van der Waals surface area contributed by atoms with Crippen molar-refractivity contribution in [3.05, 3.63) is 29.3 Å². The van der Waals surface area contributed by atoms with Crippen molar-refractivity contribution in [1.29, 1.82) is 0 Å². The predicted molar refractivity (Wildman–Crippen MR) is 73.4 cm³/mol. The number of thioether (sulfide) groups is 1. The third-order valence-electron chi connectivity index (χ3n) is 2.22. The highest BCUT2D eigenvalue weighted by atomic mass is 35.5. The van der Waals surface area contributed by atoms with Crippen LogP contribution in [0.1, 0.15) is 6.42 Å². The van der Waals surface area contributed by atoms with Crippen LogP contribution in [0.25, 0.3) is 0 Å². The molecular formula is C12H14ClNO4S. The van der Waals surface area contributed by atoms with Crippen molar-refractivity contribution in [3.63, 3.8) is 0 Å². The summed E-state index contributed by atoms with van der Waals surface area (Å²) < 4.78 is 0. The Bertz CT molecular complexity index is 455. The van der Waals surface area contributed by atoms with Crippen molar-refractivity contribution in [2.75, 3.05) is 12.3 Å². The van der Waals surface area contributed by atoms with Crippen molar-refractivity contribution in [2.45, 2.75) is 17.4 Å². The first-order valence-corrected chi connectivity index (χ1v) is 6.92. The van der Waals surface area contributed by atoms with Crippen LogP contribution in [-0.4, -0.2) is 40.5 Å². The maximum atomic E-state index is 11.5. The average Bonchev–Trinajstić information content (AvgIpc) is 2.37. The van der Waals surface area contributed by atoms with Gasteiger partial charge in [-0.1, -0.05) is 23.7 Å². The molecule has 0 aliphatic carbocycles. The van der Waals surface area contributed by atoms with Gasteiger partial charge in [-0.3, -0.25) is 4.79 Å². The van der Waals surface area contributed by atoms with Crippen LogP contribution in [0.15, 0.2) is 29.2 Å². The molecular weight excluding hydrogens is 290 g/mol. The van der Waals surface area contributed by atoms with Gasteiger partial charge in [-0.2, -0.15) is 0 Å². The van der Waals surface area contributed by atoms with Gasteiger partial charge in [-0.15, -0.1) is 11.8 Å². The fourth-order valence-corrected chi connectivity index (χ4v) is 2.30. The largest absolute Gasteiger partial charge is 0.479 e. The lowest BCUT2D eigenvalue weighted by Crippen LogP contribution is -2.31. The predicted octanol–water partition coefficient (Wildman–Crippen LogP) is 1.38. The van der Waals surface area contributed by atoms with E-state index < -0.39 is 12.1 Å². The van der Waals surface area contributed by atoms with Crippen LogP contribution in [0, 0.1) is 0 Å². The lowest BCUT2D eigenvalue weighted by Gasteiger charge is -2.07. The average molecular weight is 304 g/mol. The number of carbonyl (C=O) groups excluding carboxylic acids is 1. The molecule has 0 aliphatic rings. The maximum absolute atomic E-state index is 11.5. The van der Waals surface area contributed by atoms with Crippen LogP contribution in [-0.2, 0) is 9.59 Å². The summed E-state index contributed by atoms with van der Waals surface area (Å²) >= 11 is 7.24. The SMILES string of the molecule is O=C(CSc1ccccc1Cl)NCC[C@H](O)C(=O)O. The van der Waals surface area contributed by atoms with E-state index in [2.05, 4.69) is 5.32 Å². The lowest BCUT2D eigenvalue weighted by atomic mass is 10.2. The summed E-state index contributed by atoms with van der Waals surface area (Å²) in [4.78, 5) is 22.6. The quantitative estimate of drug-likeness (QED) is 0.663. The molecule has 1 atom stereocenters. The van der Waals surface area contributed by atoms with Crippen LogP contribution in [0.5, 0.6) is 0 Å². The van der Waals surface area contributed by atoms with Gasteiger partial charge in [0.15, 0.2) is 6.10 Å². The number of aliphatic hydroxyl groups is 1. The molecule has 0 radical (unpaired) electrons. The molecule has 19 heavy (non-hydrogen) atoms. The number of amides is 1. The second-order valence-electron chi connectivity index (χ2n) is 3.71. The number of aliphatic hydroxyl groups excluding tert-OH is 1. The summed E-state index contributed by atoms with van der Waals surface area (Å²) in [5.74, 6) is -1.34. The Balaban J connectivity index is 2.25. The van der Waals surface area contributed by atoms with E-state index in [0.29, 0.717) is 5.02 Å². The van der Waals surface area contributed by atoms with E-state index in [4.69, 9.17) is 21.8 Å². The first kappa shape index (κ1) is 15.8. The van der Waals surface area contributed by atoms with E-state index in [0.717, 1.165) is 4.90 Å². The van der Waals surface area contributed by atoms with Crippen LogP contribution >= 0.6 is 23.4 Å². The van der Waals surface area contributed by atoms with Gasteiger partial charge in [0, 0.05) is 17.9 Å². The Morgan fingerprint density at radius 2 is 2.05 bits per heavy atom. The highest BCUT2D eigenvalue weighted by Gasteiger charge is 2.13. The first-order valence-electron chi connectivity index (χ1n) is 5.55. The summed E-state index contributed by atoms with van der Waals surface area (Å²) in [6.45, 7) is 0.120. The highest BCUT2D eigenvalue weighted by Crippen LogP contribution is 2.26. The molecule has 3 N–H and O–H groups in total. The second-order valence-corrected chi connectivity index (χ2v) is 5.14. The second kappa shape index (κ2) is 8.04. The molecule has 1 aromatic carbocycles. The van der Waals surface area contributed by atoms with Gasteiger partial charge in [-0.05, 0) is 12.1 Å². The molecule has 0 saturated heterocycles. The van der Waals surface area contributed by atoms with Gasteiger partial charge in [-0.25, -0.2) is 4.79 Å². The van der Waals surface area contributed by atoms with Crippen molar-refractivity contribution >= 4 is 35.2 Å². The van der Waals surface area contributed by atoms with Gasteiger partial charge >= 0.3 is 5.97 Å². The summed E-state index contributed by atoms with van der Waals surface area (Å²) in [5, 5.41) is 20.6. The fourth-order valence-electron chi connectivity index (χ4n) is 1.23. The number of aliphatic carboxylic acids is 1. The molecule has 0 fully saturated rings. The molecule has 0 heterocycles. The number of carboxylic acid groups (broad SMARTS) is 1. The van der Waals surface area contributed by atoms with Crippen LogP contribution in [0.2, 0.25) is 5.02 Å². The highest BCUT2D eigenvalue weighted by molar-refractivity contribution is 8.00. The molecule has 1 amide bonds. The topological polar surface area (TPSA) is 86.6 Å². The molecule has 5 nitrogen and oxygen atoms in total. The van der Waals surface area contributed by atoms with E-state index in [1.165, 1.54) is 11.8 Å². The summed E-state index contributed by atoms with van der Waals surface area (Å²) in [6, 6.07) is 7.19. The van der Waals surface area contributed by atoms with Gasteiger partial charge in [0.2, 0.25) is 5.91 Å². The fraction of sp³-hybridized carbons (Fsp3) is 0.333. The van der Waals surface area contributed by atoms with Gasteiger partial charge in [0.1, 0.15) is 0 Å². The Morgan fingerprint density at radius 3 is 2.68 bits per heavy atom. The zero-order chi connectivity index (χ0) is 14.3. The Hall–Kier alpha value is -1.24. The number of hydrogen-bond acceptors (Lipinski definition) is 4. The van der Waals surface area contributed by atoms with Crippen molar-refractivity contribution < 1.29 is 19.8 Å². The van der Waals surface area contributed by atoms with Crippen molar-refractivity contribution in [2.24, 2.45) is 0 Å². The monoisotopic (exact) mass is 303 g/mol. The molecule has 0 aromatic heterocycles. The minimum atomic E-state index is -1.45. The van der Waals surface area contributed by atoms with Crippen molar-refractivity contribution in [3.8, 4) is 0 Å². The van der Waals surface area contributed by atoms with Crippen LogP contribution in [0.4, 0.5) is 0 Å². The van der Waals surface area contributed by atoms with Gasteiger partial charge in [0.25, 0.3) is 0 Å². The number of carboxylic acids is 1. The third kappa shape index (κ3) is 5.96. The van der Waals surface area contributed by atoms with Gasteiger partial charge < -0.3 is 15.5 Å². The first-order chi connectivity index (χ1) is 9.00. The molecule has 0 unspecified atom stereocenters. The minimum absolute atomic E-state index is 0.0160. The number of benzene rings is 1. The molecule has 1 aromatic rings. The molecule has 104 valence electrons. The van der Waals surface area contributed by atoms with E-state index >= 15 is 0 Å². The van der Waals surface area contributed by atoms with E-state index in [-0.39, 0.29) is 24.6 Å². The Kier molecular flexibility index (Phi) is 6.69. The standard InChI is InChI=1S/C12H14ClNO4S/c13-8-3-1-2-4-10(8)19-7-11(16)14-6-5-9(15)12(17)18/h1-4,9,15H,5-7H2,(H,14,16)(H,17,18)/t9-/m0/s1. The number of halogens is 1.